The predicted molar refractivity (Wildman–Crippen MR) is 126 cm³/mol. The Hall–Kier alpha value is -3.60. The van der Waals surface area contributed by atoms with Crippen LogP contribution in [0.1, 0.15) is 34.0 Å². The lowest BCUT2D eigenvalue weighted by molar-refractivity contribution is -0.114. The molecule has 0 saturated carbocycles. The third-order valence-electron chi connectivity index (χ3n) is 5.70. The van der Waals surface area contributed by atoms with Crippen LogP contribution in [-0.2, 0) is 17.6 Å². The first-order chi connectivity index (χ1) is 15.1. The summed E-state index contributed by atoms with van der Waals surface area (Å²) < 4.78 is 0. The van der Waals surface area contributed by atoms with Crippen LogP contribution in [0.2, 0.25) is 0 Å². The molecule has 31 heavy (non-hydrogen) atoms. The number of nitrogens with zero attached hydrogens (tertiary/aromatic N) is 1. The zero-order valence-corrected chi connectivity index (χ0v) is 17.9. The van der Waals surface area contributed by atoms with Crippen molar-refractivity contribution >= 4 is 28.9 Å². The zero-order valence-electron chi connectivity index (χ0n) is 17.9. The molecule has 1 heterocycles. The average molecular weight is 414 g/mol. The molecule has 5 heteroatoms. The number of amides is 2. The maximum Gasteiger partial charge on any atom is 0.258 e. The van der Waals surface area contributed by atoms with E-state index in [-0.39, 0.29) is 18.4 Å². The molecular formula is C26H27N3O2. The second-order valence-electron chi connectivity index (χ2n) is 7.78. The Kier molecular flexibility index (Phi) is 6.03. The van der Waals surface area contributed by atoms with Crippen LogP contribution in [0.5, 0.6) is 0 Å². The molecular weight excluding hydrogens is 386 g/mol. The molecule has 0 fully saturated rings. The van der Waals surface area contributed by atoms with Crippen LogP contribution in [0.25, 0.3) is 0 Å². The van der Waals surface area contributed by atoms with Crippen molar-refractivity contribution in [3.63, 3.8) is 0 Å². The van der Waals surface area contributed by atoms with E-state index in [1.54, 1.807) is 0 Å². The topological polar surface area (TPSA) is 61.4 Å². The van der Waals surface area contributed by atoms with Gasteiger partial charge in [-0.1, -0.05) is 49.4 Å². The maximum absolute atomic E-state index is 13.1. The predicted octanol–water partition coefficient (Wildman–Crippen LogP) is 4.81. The molecule has 158 valence electrons. The molecule has 3 aromatic carbocycles. The van der Waals surface area contributed by atoms with E-state index in [4.69, 9.17) is 0 Å². The molecule has 0 saturated heterocycles. The Morgan fingerprint density at radius 2 is 1.81 bits per heavy atom. The van der Waals surface area contributed by atoms with Crippen molar-refractivity contribution in [2.45, 2.75) is 26.7 Å². The van der Waals surface area contributed by atoms with Crippen molar-refractivity contribution in [3.05, 3.63) is 89.0 Å². The molecule has 0 radical (unpaired) electrons. The van der Waals surface area contributed by atoms with Crippen LogP contribution >= 0.6 is 0 Å². The molecule has 4 rings (SSSR count). The minimum absolute atomic E-state index is 0.0226. The summed E-state index contributed by atoms with van der Waals surface area (Å²) in [6, 6.07) is 21.4. The number of carbonyl (C=O) groups excluding carboxylic acids is 2. The van der Waals surface area contributed by atoms with Gasteiger partial charge in [0, 0.05) is 29.2 Å². The van der Waals surface area contributed by atoms with Crippen LogP contribution in [0.15, 0.2) is 66.7 Å². The van der Waals surface area contributed by atoms with Crippen molar-refractivity contribution in [1.29, 1.82) is 0 Å². The van der Waals surface area contributed by atoms with Crippen LogP contribution in [0, 0.1) is 6.92 Å². The number of hydrogen-bond acceptors (Lipinski definition) is 3. The van der Waals surface area contributed by atoms with Gasteiger partial charge in [0.05, 0.1) is 6.54 Å². The summed E-state index contributed by atoms with van der Waals surface area (Å²) >= 11 is 0. The Bertz CT molecular complexity index is 1120. The summed E-state index contributed by atoms with van der Waals surface area (Å²) in [5.74, 6) is -0.139. The number of para-hydroxylation sites is 2. The van der Waals surface area contributed by atoms with Gasteiger partial charge in [0.25, 0.3) is 5.91 Å². The van der Waals surface area contributed by atoms with Gasteiger partial charge in [0.1, 0.15) is 0 Å². The third kappa shape index (κ3) is 4.45. The Morgan fingerprint density at radius 1 is 1.00 bits per heavy atom. The standard InChI is InChI=1S/C26H27N3O2/c1-3-19-10-6-8-18(2)25(19)28-24(30)17-27-22-12-7-11-21(16-22)26(31)29-15-14-20-9-4-5-13-23(20)29/h4-13,16,27H,3,14-15,17H2,1-2H3,(H,28,30). The van der Waals surface area contributed by atoms with E-state index >= 15 is 0 Å². The normalized spacial score (nSPS) is 12.4. The second-order valence-corrected chi connectivity index (χ2v) is 7.78. The van der Waals surface area contributed by atoms with E-state index in [1.165, 1.54) is 5.56 Å². The molecule has 2 N–H and O–H groups in total. The Balaban J connectivity index is 1.42. The van der Waals surface area contributed by atoms with Gasteiger partial charge < -0.3 is 15.5 Å². The molecule has 3 aromatic rings. The number of benzene rings is 3. The molecule has 0 spiro atoms. The highest BCUT2D eigenvalue weighted by Crippen LogP contribution is 2.29. The van der Waals surface area contributed by atoms with Gasteiger partial charge in [-0.05, 0) is 60.7 Å². The number of nitrogens with one attached hydrogen (secondary N) is 2. The summed E-state index contributed by atoms with van der Waals surface area (Å²) in [6.07, 6.45) is 1.73. The van der Waals surface area contributed by atoms with Gasteiger partial charge in [0.15, 0.2) is 0 Å². The number of rotatable bonds is 6. The largest absolute Gasteiger partial charge is 0.376 e. The van der Waals surface area contributed by atoms with Crippen LogP contribution in [-0.4, -0.2) is 24.9 Å². The average Bonchev–Trinajstić information content (AvgIpc) is 3.23. The highest BCUT2D eigenvalue weighted by molar-refractivity contribution is 6.07. The molecule has 0 bridgehead atoms. The van der Waals surface area contributed by atoms with Gasteiger partial charge in [-0.3, -0.25) is 9.59 Å². The highest BCUT2D eigenvalue weighted by Gasteiger charge is 2.25. The fraction of sp³-hybridized carbons (Fsp3) is 0.231. The van der Waals surface area contributed by atoms with E-state index in [0.29, 0.717) is 12.1 Å². The van der Waals surface area contributed by atoms with Crippen LogP contribution in [0.4, 0.5) is 17.1 Å². The smallest absolute Gasteiger partial charge is 0.258 e. The Labute approximate surface area is 183 Å². The van der Waals surface area contributed by atoms with Crippen molar-refractivity contribution in [2.24, 2.45) is 0 Å². The van der Waals surface area contributed by atoms with E-state index in [0.717, 1.165) is 41.0 Å². The van der Waals surface area contributed by atoms with Crippen molar-refractivity contribution in [2.75, 3.05) is 28.6 Å². The number of carbonyl (C=O) groups is 2. The van der Waals surface area contributed by atoms with Gasteiger partial charge >= 0.3 is 0 Å². The third-order valence-corrected chi connectivity index (χ3v) is 5.70. The first-order valence-corrected chi connectivity index (χ1v) is 10.7. The van der Waals surface area contributed by atoms with Crippen molar-refractivity contribution in [1.82, 2.24) is 0 Å². The van der Waals surface area contributed by atoms with Crippen LogP contribution < -0.4 is 15.5 Å². The van der Waals surface area contributed by atoms with E-state index in [1.807, 2.05) is 72.5 Å². The molecule has 1 aliphatic rings. The van der Waals surface area contributed by atoms with E-state index < -0.39 is 0 Å². The summed E-state index contributed by atoms with van der Waals surface area (Å²) in [5, 5.41) is 6.16. The van der Waals surface area contributed by atoms with Gasteiger partial charge in [-0.2, -0.15) is 0 Å². The molecule has 1 aliphatic heterocycles. The molecule has 5 nitrogen and oxygen atoms in total. The SMILES string of the molecule is CCc1cccc(C)c1NC(=O)CNc1cccc(C(=O)N2CCc3ccccc32)c1. The van der Waals surface area contributed by atoms with Gasteiger partial charge in [0.2, 0.25) is 5.91 Å². The minimum Gasteiger partial charge on any atom is -0.376 e. The van der Waals surface area contributed by atoms with Gasteiger partial charge in [-0.25, -0.2) is 0 Å². The molecule has 0 unspecified atom stereocenters. The summed E-state index contributed by atoms with van der Waals surface area (Å²) in [4.78, 5) is 27.4. The molecule has 0 atom stereocenters. The van der Waals surface area contributed by atoms with Crippen LogP contribution in [0.3, 0.4) is 0 Å². The number of fused-ring (bicyclic) bond motifs is 1. The summed E-state index contributed by atoms with van der Waals surface area (Å²) in [5.41, 5.74) is 6.58. The first kappa shape index (κ1) is 20.7. The number of anilines is 3. The van der Waals surface area contributed by atoms with E-state index in [9.17, 15) is 9.59 Å². The minimum atomic E-state index is -0.116. The zero-order chi connectivity index (χ0) is 21.8. The maximum atomic E-state index is 13.1. The fourth-order valence-electron chi connectivity index (χ4n) is 4.04. The lowest BCUT2D eigenvalue weighted by Crippen LogP contribution is -2.29. The first-order valence-electron chi connectivity index (χ1n) is 10.7. The lowest BCUT2D eigenvalue weighted by Gasteiger charge is -2.18. The van der Waals surface area contributed by atoms with E-state index in [2.05, 4.69) is 23.6 Å². The highest BCUT2D eigenvalue weighted by atomic mass is 16.2. The van der Waals surface area contributed by atoms with Gasteiger partial charge in [-0.15, -0.1) is 0 Å². The van der Waals surface area contributed by atoms with Crippen molar-refractivity contribution < 1.29 is 9.59 Å². The number of hydrogen-bond donors (Lipinski definition) is 2. The van der Waals surface area contributed by atoms with Crippen molar-refractivity contribution in [3.8, 4) is 0 Å². The fourth-order valence-corrected chi connectivity index (χ4v) is 4.04. The quantitative estimate of drug-likeness (QED) is 0.610. The second kappa shape index (κ2) is 9.04. The molecule has 2 amide bonds. The number of aryl methyl sites for hydroxylation is 2. The molecule has 0 aliphatic carbocycles. The molecule has 0 aromatic heterocycles. The Morgan fingerprint density at radius 3 is 2.65 bits per heavy atom. The monoisotopic (exact) mass is 413 g/mol. The lowest BCUT2D eigenvalue weighted by atomic mass is 10.1. The summed E-state index contributed by atoms with van der Waals surface area (Å²) in [7, 11) is 0. The summed E-state index contributed by atoms with van der Waals surface area (Å²) in [6.45, 7) is 4.88.